The zero-order chi connectivity index (χ0) is 7.68. The lowest BCUT2D eigenvalue weighted by Crippen LogP contribution is -2.16. The second kappa shape index (κ2) is 2.70. The molecule has 0 spiro atoms. The van der Waals surface area contributed by atoms with E-state index < -0.39 is 0 Å². The van der Waals surface area contributed by atoms with Crippen LogP contribution in [0.15, 0.2) is 24.3 Å². The van der Waals surface area contributed by atoms with Crippen LogP contribution in [-0.4, -0.2) is 11.5 Å². The molecule has 0 radical (unpaired) electrons. The summed E-state index contributed by atoms with van der Waals surface area (Å²) in [5.41, 5.74) is 2.15. The number of carbonyl (C=O) groups is 1. The topological polar surface area (TPSA) is 17.1 Å². The first-order valence-electron chi connectivity index (χ1n) is 3.62. The van der Waals surface area contributed by atoms with Crippen molar-refractivity contribution in [3.05, 3.63) is 35.4 Å². The van der Waals surface area contributed by atoms with E-state index in [-0.39, 0.29) is 0 Å². The summed E-state index contributed by atoms with van der Waals surface area (Å²) < 4.78 is 0. The van der Waals surface area contributed by atoms with Gasteiger partial charge in [-0.1, -0.05) is 24.3 Å². The van der Waals surface area contributed by atoms with E-state index in [1.54, 1.807) is 0 Å². The van der Waals surface area contributed by atoms with E-state index in [0.29, 0.717) is 11.5 Å². The molecule has 0 N–H and O–H groups in total. The van der Waals surface area contributed by atoms with Gasteiger partial charge in [0.05, 0.1) is 0 Å². The van der Waals surface area contributed by atoms with E-state index in [0.717, 1.165) is 11.3 Å². The Balaban J connectivity index is 2.52. The molecule has 1 aliphatic rings. The smallest absolute Gasteiger partial charge is 0.212 e. The molecule has 0 saturated carbocycles. The highest BCUT2D eigenvalue weighted by molar-refractivity contribution is 7.78. The van der Waals surface area contributed by atoms with Crippen LogP contribution in [0.25, 0.3) is 0 Å². The number of fused-ring (bicyclic) bond motifs is 1. The number of carbonyl (C=O) groups excluding carboxylic acids is 1. The summed E-state index contributed by atoms with van der Waals surface area (Å²) in [5, 5.41) is 0. The quantitative estimate of drug-likeness (QED) is 0.417. The molecule has 1 aliphatic heterocycles. The number of Topliss-reactive ketones (excluding diaryl/α,β-unsaturated/α-hetero) is 1. The Kier molecular flexibility index (Phi) is 1.70. The number of ketones is 1. The van der Waals surface area contributed by atoms with Crippen LogP contribution in [0.2, 0.25) is 0 Å². The largest absolute Gasteiger partial charge is 0.289 e. The van der Waals surface area contributed by atoms with Crippen molar-refractivity contribution in [2.45, 2.75) is 5.75 Å². The van der Waals surface area contributed by atoms with Crippen LogP contribution in [0.1, 0.15) is 15.9 Å². The minimum absolute atomic E-state index is 0.300. The van der Waals surface area contributed by atoms with Crippen LogP contribution in [0.5, 0.6) is 0 Å². The number of rotatable bonds is 0. The molecule has 11 heavy (non-hydrogen) atoms. The molecule has 2 rings (SSSR count). The molecule has 56 valence electrons. The van der Waals surface area contributed by atoms with Gasteiger partial charge in [-0.15, -0.1) is 0 Å². The third-order valence-electron chi connectivity index (χ3n) is 1.86. The zero-order valence-corrected chi connectivity index (χ0v) is 6.97. The van der Waals surface area contributed by atoms with Crippen molar-refractivity contribution in [3.8, 4) is 0 Å². The Morgan fingerprint density at radius 1 is 1.18 bits per heavy atom. The fourth-order valence-corrected chi connectivity index (χ4v) is 2.30. The maximum Gasteiger partial charge on any atom is 0.212 e. The monoisotopic (exact) mass is 165 g/mol. The predicted molar refractivity (Wildman–Crippen MR) is 48.1 cm³/mol. The van der Waals surface area contributed by atoms with Crippen LogP contribution in [-0.2, 0) is 17.5 Å². The van der Waals surface area contributed by atoms with Gasteiger partial charge in [-0.2, -0.15) is 0 Å². The molecule has 2 heteroatoms. The Morgan fingerprint density at radius 3 is 2.82 bits per heavy atom. The minimum atomic E-state index is 0.300. The summed E-state index contributed by atoms with van der Waals surface area (Å²) in [6.07, 6.45) is 0. The van der Waals surface area contributed by atoms with Crippen molar-refractivity contribution in [2.24, 2.45) is 0 Å². The van der Waals surface area contributed by atoms with E-state index in [1.165, 1.54) is 17.3 Å². The number of benzene rings is 1. The summed E-state index contributed by atoms with van der Waals surface area (Å²) >= 11 is 1.25. The molecule has 0 fully saturated rings. The molecular formula is C9H9OS+. The van der Waals surface area contributed by atoms with Crippen molar-refractivity contribution in [1.82, 2.24) is 0 Å². The van der Waals surface area contributed by atoms with Crippen LogP contribution in [0.3, 0.4) is 0 Å². The average Bonchev–Trinajstić information content (AvgIpc) is 2.06. The van der Waals surface area contributed by atoms with Gasteiger partial charge in [0.1, 0.15) is 5.75 Å². The SMILES string of the molecule is O=C1C[SH+]Cc2ccccc21. The second-order valence-electron chi connectivity index (χ2n) is 2.62. The molecule has 1 heterocycles. The van der Waals surface area contributed by atoms with Gasteiger partial charge >= 0.3 is 0 Å². The van der Waals surface area contributed by atoms with Crippen molar-refractivity contribution in [2.75, 3.05) is 5.75 Å². The molecule has 0 aromatic heterocycles. The average molecular weight is 165 g/mol. The summed E-state index contributed by atoms with van der Waals surface area (Å²) in [6.45, 7) is 0. The van der Waals surface area contributed by atoms with E-state index >= 15 is 0 Å². The third-order valence-corrected chi connectivity index (χ3v) is 2.93. The highest BCUT2D eigenvalue weighted by Crippen LogP contribution is 2.15. The molecule has 1 aromatic rings. The fraction of sp³-hybridized carbons (Fsp3) is 0.222. The standard InChI is InChI=1S/C9H8OS/c10-9-6-11-5-7-3-1-2-4-8(7)9/h1-4H,5-6H2/p+1. The maximum absolute atomic E-state index is 11.3. The lowest BCUT2D eigenvalue weighted by molar-refractivity contribution is 0.102. The first-order chi connectivity index (χ1) is 5.38. The van der Waals surface area contributed by atoms with Gasteiger partial charge in [0.2, 0.25) is 5.78 Å². The van der Waals surface area contributed by atoms with Gasteiger partial charge in [-0.25, -0.2) is 0 Å². The van der Waals surface area contributed by atoms with E-state index in [2.05, 4.69) is 0 Å². The van der Waals surface area contributed by atoms with Crippen molar-refractivity contribution in [3.63, 3.8) is 0 Å². The highest BCUT2D eigenvalue weighted by atomic mass is 32.2. The zero-order valence-electron chi connectivity index (χ0n) is 6.08. The van der Waals surface area contributed by atoms with Crippen molar-refractivity contribution >= 4 is 17.5 Å². The number of hydrogen-bond acceptors (Lipinski definition) is 1. The second-order valence-corrected chi connectivity index (χ2v) is 3.70. The van der Waals surface area contributed by atoms with Crippen LogP contribution in [0.4, 0.5) is 0 Å². The Labute approximate surface area is 69.8 Å². The Hall–Kier alpha value is -0.760. The molecule has 1 nitrogen and oxygen atoms in total. The first-order valence-corrected chi connectivity index (χ1v) is 4.89. The highest BCUT2D eigenvalue weighted by Gasteiger charge is 2.21. The fourth-order valence-electron chi connectivity index (χ4n) is 1.29. The Bertz CT molecular complexity index is 293. The van der Waals surface area contributed by atoms with Crippen LogP contribution >= 0.6 is 0 Å². The summed E-state index contributed by atoms with van der Waals surface area (Å²) in [7, 11) is 0. The van der Waals surface area contributed by atoms with Crippen LogP contribution in [0, 0.1) is 0 Å². The van der Waals surface area contributed by atoms with E-state index in [9.17, 15) is 4.79 Å². The molecular weight excluding hydrogens is 156 g/mol. The molecule has 0 unspecified atom stereocenters. The summed E-state index contributed by atoms with van der Waals surface area (Å²) in [4.78, 5) is 11.3. The lowest BCUT2D eigenvalue weighted by atomic mass is 10.1. The molecule has 0 bridgehead atoms. The van der Waals surface area contributed by atoms with Gasteiger partial charge < -0.3 is 0 Å². The van der Waals surface area contributed by atoms with Gasteiger partial charge in [0.15, 0.2) is 5.75 Å². The minimum Gasteiger partial charge on any atom is -0.289 e. The predicted octanol–water partition coefficient (Wildman–Crippen LogP) is 1.20. The number of hydrogen-bond donors (Lipinski definition) is 0. The van der Waals surface area contributed by atoms with Crippen molar-refractivity contribution in [1.29, 1.82) is 0 Å². The van der Waals surface area contributed by atoms with E-state index in [1.807, 2.05) is 24.3 Å². The van der Waals surface area contributed by atoms with Gasteiger partial charge in [-0.3, -0.25) is 4.79 Å². The summed E-state index contributed by atoms with van der Waals surface area (Å²) in [6, 6.07) is 7.89. The molecule has 0 aliphatic carbocycles. The maximum atomic E-state index is 11.3. The molecule has 0 amide bonds. The van der Waals surface area contributed by atoms with Gasteiger partial charge in [0, 0.05) is 11.1 Å². The lowest BCUT2D eigenvalue weighted by Gasteiger charge is -2.07. The van der Waals surface area contributed by atoms with Gasteiger partial charge in [-0.05, 0) is 11.8 Å². The number of thiol groups is 1. The molecule has 0 saturated heterocycles. The molecule has 0 atom stereocenters. The first kappa shape index (κ1) is 6.92. The van der Waals surface area contributed by atoms with Gasteiger partial charge in [0.25, 0.3) is 0 Å². The van der Waals surface area contributed by atoms with Crippen LogP contribution < -0.4 is 0 Å². The Morgan fingerprint density at radius 2 is 2.00 bits per heavy atom. The summed E-state index contributed by atoms with van der Waals surface area (Å²) in [5.74, 6) is 2.05. The molecule has 1 aromatic carbocycles. The third kappa shape index (κ3) is 1.18. The normalized spacial score (nSPS) is 16.2. The van der Waals surface area contributed by atoms with Crippen molar-refractivity contribution < 1.29 is 4.79 Å². The van der Waals surface area contributed by atoms with E-state index in [4.69, 9.17) is 0 Å².